The molecule has 0 spiro atoms. The average molecular weight is 473 g/mol. The molecule has 5 rings (SSSR count). The molecule has 2 aromatic heterocycles. The van der Waals surface area contributed by atoms with E-state index in [0.29, 0.717) is 23.4 Å². The van der Waals surface area contributed by atoms with Gasteiger partial charge in [0.25, 0.3) is 5.89 Å². The van der Waals surface area contributed by atoms with Crippen molar-refractivity contribution in [3.63, 3.8) is 0 Å². The van der Waals surface area contributed by atoms with Gasteiger partial charge in [0.15, 0.2) is 5.11 Å². The molecule has 4 aromatic rings. The molecule has 0 bridgehead atoms. The highest BCUT2D eigenvalue weighted by Gasteiger charge is 2.34. The van der Waals surface area contributed by atoms with Gasteiger partial charge in [-0.05, 0) is 56.1 Å². The Balaban J connectivity index is 1.60. The highest BCUT2D eigenvalue weighted by molar-refractivity contribution is 7.80. The number of hydrogen-bond acceptors (Lipinski definition) is 5. The van der Waals surface area contributed by atoms with E-state index in [2.05, 4.69) is 90.1 Å². The Morgan fingerprint density at radius 2 is 1.85 bits per heavy atom. The molecule has 0 aliphatic carbocycles. The van der Waals surface area contributed by atoms with E-state index in [4.69, 9.17) is 21.7 Å². The van der Waals surface area contributed by atoms with Crippen molar-refractivity contribution in [2.75, 3.05) is 0 Å². The Hall–Kier alpha value is -3.29. The van der Waals surface area contributed by atoms with E-state index in [1.807, 2.05) is 12.1 Å². The van der Waals surface area contributed by atoms with Crippen LogP contribution in [-0.2, 0) is 6.54 Å². The van der Waals surface area contributed by atoms with Crippen LogP contribution in [0.4, 0.5) is 0 Å². The van der Waals surface area contributed by atoms with Gasteiger partial charge >= 0.3 is 0 Å². The first-order valence-corrected chi connectivity index (χ1v) is 12.1. The highest BCUT2D eigenvalue weighted by Crippen LogP contribution is 2.38. The molecule has 0 radical (unpaired) electrons. The molecular formula is C26H24N4OS2. The van der Waals surface area contributed by atoms with E-state index >= 15 is 0 Å². The molecule has 1 atom stereocenters. The summed E-state index contributed by atoms with van der Waals surface area (Å²) in [4.78, 5) is 8.15. The zero-order valence-electron chi connectivity index (χ0n) is 18.7. The van der Waals surface area contributed by atoms with Crippen molar-refractivity contribution in [2.24, 2.45) is 0 Å². The first kappa shape index (κ1) is 21.6. The van der Waals surface area contributed by atoms with Gasteiger partial charge in [0.2, 0.25) is 5.82 Å². The monoisotopic (exact) mass is 472 g/mol. The minimum absolute atomic E-state index is 0.177. The fourth-order valence-electron chi connectivity index (χ4n) is 4.05. The van der Waals surface area contributed by atoms with E-state index in [0.717, 1.165) is 28.0 Å². The number of thiophene rings is 1. The lowest BCUT2D eigenvalue weighted by Gasteiger charge is -2.37. The fourth-order valence-corrected chi connectivity index (χ4v) is 5.06. The lowest BCUT2D eigenvalue weighted by molar-refractivity contribution is 0.396. The molecule has 5 nitrogen and oxygen atoms in total. The van der Waals surface area contributed by atoms with E-state index in [1.165, 1.54) is 10.4 Å². The summed E-state index contributed by atoms with van der Waals surface area (Å²) in [5.74, 6) is 1.08. The Bertz CT molecular complexity index is 1320. The van der Waals surface area contributed by atoms with Crippen molar-refractivity contribution in [1.29, 1.82) is 0 Å². The standard InChI is InChI=1S/C26H24N4OS2/c1-16-9-11-19(12-10-16)23-22(18(3)30(26(32)27-23)15-21-8-5-13-33-21)25-28-24(29-31-25)20-7-4-6-17(2)14-20/h4-14,23H,15H2,1-3H3,(H,27,32). The largest absolute Gasteiger partial charge is 0.351 e. The van der Waals surface area contributed by atoms with E-state index in [1.54, 1.807) is 11.3 Å². The maximum absolute atomic E-state index is 5.84. The first-order chi connectivity index (χ1) is 16.0. The molecule has 0 amide bonds. The quantitative estimate of drug-likeness (QED) is 0.345. The van der Waals surface area contributed by atoms with Gasteiger partial charge in [0, 0.05) is 16.1 Å². The highest BCUT2D eigenvalue weighted by atomic mass is 32.1. The van der Waals surface area contributed by atoms with Crippen molar-refractivity contribution < 1.29 is 4.52 Å². The molecule has 1 unspecified atom stereocenters. The second kappa shape index (κ2) is 8.92. The smallest absolute Gasteiger partial charge is 0.258 e. The predicted octanol–water partition coefficient (Wildman–Crippen LogP) is 6.28. The van der Waals surface area contributed by atoms with Crippen LogP contribution in [0.25, 0.3) is 17.0 Å². The van der Waals surface area contributed by atoms with Crippen molar-refractivity contribution >= 4 is 34.2 Å². The zero-order valence-corrected chi connectivity index (χ0v) is 20.3. The molecule has 0 saturated carbocycles. The lowest BCUT2D eigenvalue weighted by Crippen LogP contribution is -2.45. The summed E-state index contributed by atoms with van der Waals surface area (Å²) in [6.07, 6.45) is 0. The molecular weight excluding hydrogens is 448 g/mol. The second-order valence-corrected chi connectivity index (χ2v) is 9.67. The molecule has 0 saturated heterocycles. The molecule has 7 heteroatoms. The number of nitrogens with zero attached hydrogens (tertiary/aromatic N) is 3. The van der Waals surface area contributed by atoms with Crippen molar-refractivity contribution in [2.45, 2.75) is 33.4 Å². The van der Waals surface area contributed by atoms with Gasteiger partial charge in [0.05, 0.1) is 18.2 Å². The Morgan fingerprint density at radius 1 is 1.03 bits per heavy atom. The van der Waals surface area contributed by atoms with Crippen LogP contribution < -0.4 is 5.32 Å². The third-order valence-electron chi connectivity index (χ3n) is 5.83. The number of aryl methyl sites for hydroxylation is 2. The minimum atomic E-state index is -0.177. The zero-order chi connectivity index (χ0) is 22.9. The summed E-state index contributed by atoms with van der Waals surface area (Å²) in [5, 5.41) is 10.6. The third-order valence-corrected chi connectivity index (χ3v) is 7.03. The molecule has 1 N–H and O–H groups in total. The fraction of sp³-hybridized carbons (Fsp3) is 0.192. The number of allylic oxidation sites excluding steroid dienone is 1. The summed E-state index contributed by atoms with van der Waals surface area (Å²) in [7, 11) is 0. The number of hydrogen-bond donors (Lipinski definition) is 1. The van der Waals surface area contributed by atoms with Crippen LogP contribution in [0.1, 0.15) is 40.4 Å². The maximum atomic E-state index is 5.84. The van der Waals surface area contributed by atoms with Crippen LogP contribution in [0.2, 0.25) is 0 Å². The van der Waals surface area contributed by atoms with Crippen LogP contribution in [0.3, 0.4) is 0 Å². The van der Waals surface area contributed by atoms with Gasteiger partial charge in [-0.3, -0.25) is 0 Å². The van der Waals surface area contributed by atoms with Gasteiger partial charge in [-0.15, -0.1) is 11.3 Å². The Labute approximate surface area is 202 Å². The van der Waals surface area contributed by atoms with Gasteiger partial charge in [-0.1, -0.05) is 64.8 Å². The Kier molecular flexibility index (Phi) is 5.83. The number of nitrogens with one attached hydrogen (secondary N) is 1. The molecule has 1 aliphatic heterocycles. The average Bonchev–Trinajstić information content (AvgIpc) is 3.49. The van der Waals surface area contributed by atoms with Crippen molar-refractivity contribution in [3.8, 4) is 11.4 Å². The van der Waals surface area contributed by atoms with Crippen LogP contribution in [0.15, 0.2) is 76.3 Å². The summed E-state index contributed by atoms with van der Waals surface area (Å²) in [5.41, 5.74) is 6.35. The summed E-state index contributed by atoms with van der Waals surface area (Å²) in [6.45, 7) is 6.91. The van der Waals surface area contributed by atoms with E-state index in [9.17, 15) is 0 Å². The molecule has 0 fully saturated rings. The van der Waals surface area contributed by atoms with E-state index < -0.39 is 0 Å². The predicted molar refractivity (Wildman–Crippen MR) is 137 cm³/mol. The molecule has 2 aromatic carbocycles. The number of benzene rings is 2. The van der Waals surface area contributed by atoms with Crippen LogP contribution in [0, 0.1) is 13.8 Å². The van der Waals surface area contributed by atoms with Gasteiger partial charge in [-0.25, -0.2) is 0 Å². The van der Waals surface area contributed by atoms with Gasteiger partial charge in [0.1, 0.15) is 0 Å². The second-order valence-electron chi connectivity index (χ2n) is 8.25. The van der Waals surface area contributed by atoms with Crippen LogP contribution in [-0.4, -0.2) is 20.2 Å². The normalized spacial score (nSPS) is 16.3. The number of aromatic nitrogens is 2. The summed E-state index contributed by atoms with van der Waals surface area (Å²) >= 11 is 7.51. The summed E-state index contributed by atoms with van der Waals surface area (Å²) in [6, 6.07) is 20.6. The van der Waals surface area contributed by atoms with Crippen molar-refractivity contribution in [1.82, 2.24) is 20.4 Å². The molecule has 33 heavy (non-hydrogen) atoms. The lowest BCUT2D eigenvalue weighted by atomic mass is 9.94. The van der Waals surface area contributed by atoms with Gasteiger partial charge in [-0.2, -0.15) is 4.98 Å². The topological polar surface area (TPSA) is 54.2 Å². The van der Waals surface area contributed by atoms with E-state index in [-0.39, 0.29) is 6.04 Å². The van der Waals surface area contributed by atoms with Gasteiger partial charge < -0.3 is 14.7 Å². The summed E-state index contributed by atoms with van der Waals surface area (Å²) < 4.78 is 5.84. The number of rotatable bonds is 5. The SMILES string of the molecule is CC1=C(c2nc(-c3cccc(C)c3)no2)C(c2ccc(C)cc2)NC(=S)N1Cc1cccs1. The maximum Gasteiger partial charge on any atom is 0.258 e. The first-order valence-electron chi connectivity index (χ1n) is 10.8. The molecule has 166 valence electrons. The Morgan fingerprint density at radius 3 is 2.58 bits per heavy atom. The number of thiocarbonyl (C=S) groups is 1. The molecule has 1 aliphatic rings. The van der Waals surface area contributed by atoms with Crippen LogP contribution in [0.5, 0.6) is 0 Å². The third kappa shape index (κ3) is 4.34. The minimum Gasteiger partial charge on any atom is -0.351 e. The van der Waals surface area contributed by atoms with Crippen molar-refractivity contribution in [3.05, 3.63) is 99.2 Å². The van der Waals surface area contributed by atoms with Crippen LogP contribution >= 0.6 is 23.6 Å². The molecule has 3 heterocycles.